The smallest absolute Gasteiger partial charge is 0.168 e. The Morgan fingerprint density at radius 3 is 2.68 bits per heavy atom. The third-order valence-electron chi connectivity index (χ3n) is 3.63. The lowest BCUT2D eigenvalue weighted by Gasteiger charge is -2.24. The van der Waals surface area contributed by atoms with Crippen molar-refractivity contribution in [3.05, 3.63) is 42.2 Å². The van der Waals surface area contributed by atoms with E-state index in [9.17, 15) is 0 Å². The summed E-state index contributed by atoms with van der Waals surface area (Å²) in [6.45, 7) is 4.21. The van der Waals surface area contributed by atoms with E-state index in [1.54, 1.807) is 0 Å². The lowest BCUT2D eigenvalue weighted by atomic mass is 10.1. The van der Waals surface area contributed by atoms with Crippen molar-refractivity contribution in [1.29, 1.82) is 0 Å². The van der Waals surface area contributed by atoms with Gasteiger partial charge in [0.2, 0.25) is 0 Å². The van der Waals surface area contributed by atoms with Crippen LogP contribution in [-0.4, -0.2) is 22.9 Å². The maximum absolute atomic E-state index is 5.88. The second-order valence-electron chi connectivity index (χ2n) is 4.94. The van der Waals surface area contributed by atoms with Crippen LogP contribution >= 0.6 is 0 Å². The van der Waals surface area contributed by atoms with Crippen LogP contribution in [0.2, 0.25) is 0 Å². The van der Waals surface area contributed by atoms with E-state index in [0.29, 0.717) is 6.04 Å². The van der Waals surface area contributed by atoms with Crippen molar-refractivity contribution in [2.24, 2.45) is 0 Å². The van der Waals surface area contributed by atoms with Crippen LogP contribution < -0.4 is 10.1 Å². The molecule has 0 amide bonds. The number of hydrogen-bond donors (Lipinski definition) is 1. The van der Waals surface area contributed by atoms with Crippen LogP contribution in [-0.2, 0) is 0 Å². The van der Waals surface area contributed by atoms with Crippen molar-refractivity contribution in [1.82, 2.24) is 15.1 Å². The highest BCUT2D eigenvalue weighted by molar-refractivity contribution is 5.32. The van der Waals surface area contributed by atoms with Gasteiger partial charge >= 0.3 is 0 Å². The van der Waals surface area contributed by atoms with Gasteiger partial charge in [0.1, 0.15) is 5.75 Å². The highest BCUT2D eigenvalue weighted by Gasteiger charge is 2.19. The molecule has 4 nitrogen and oxygen atoms in total. The predicted octanol–water partition coefficient (Wildman–Crippen LogP) is 2.91. The number of hydrogen-bond acceptors (Lipinski definition) is 3. The first-order valence-electron chi connectivity index (χ1n) is 6.82. The SMILES string of the molecule is Cc1c(Oc2ccccc2)cnn1C1CCNCC1. The van der Waals surface area contributed by atoms with Crippen molar-refractivity contribution in [2.45, 2.75) is 25.8 Å². The monoisotopic (exact) mass is 257 g/mol. The predicted molar refractivity (Wildman–Crippen MR) is 74.6 cm³/mol. The molecule has 3 rings (SSSR count). The molecule has 4 heteroatoms. The van der Waals surface area contributed by atoms with Crippen LogP contribution in [0.15, 0.2) is 36.5 Å². The number of benzene rings is 1. The molecule has 2 aromatic rings. The van der Waals surface area contributed by atoms with E-state index in [0.717, 1.165) is 43.1 Å². The van der Waals surface area contributed by atoms with Gasteiger partial charge in [-0.15, -0.1) is 0 Å². The molecule has 0 spiro atoms. The quantitative estimate of drug-likeness (QED) is 0.919. The summed E-state index contributed by atoms with van der Waals surface area (Å²) in [5.74, 6) is 1.71. The second-order valence-corrected chi connectivity index (χ2v) is 4.94. The van der Waals surface area contributed by atoms with Crippen LogP contribution in [0.5, 0.6) is 11.5 Å². The second kappa shape index (κ2) is 5.45. The Balaban J connectivity index is 1.78. The van der Waals surface area contributed by atoms with Crippen LogP contribution in [0.4, 0.5) is 0 Å². The first-order chi connectivity index (χ1) is 9.34. The molecule has 1 aliphatic rings. The minimum atomic E-state index is 0.495. The minimum Gasteiger partial charge on any atom is -0.454 e. The average molecular weight is 257 g/mol. The van der Waals surface area contributed by atoms with Gasteiger partial charge in [-0.05, 0) is 45.0 Å². The molecule has 1 saturated heterocycles. The molecule has 1 aromatic carbocycles. The number of ether oxygens (including phenoxy) is 1. The van der Waals surface area contributed by atoms with E-state index in [2.05, 4.69) is 22.0 Å². The number of piperidine rings is 1. The Hall–Kier alpha value is -1.81. The molecule has 0 radical (unpaired) electrons. The molecular weight excluding hydrogens is 238 g/mol. The van der Waals surface area contributed by atoms with Gasteiger partial charge in [0.05, 0.1) is 17.9 Å². The van der Waals surface area contributed by atoms with Crippen molar-refractivity contribution < 1.29 is 4.74 Å². The first-order valence-corrected chi connectivity index (χ1v) is 6.82. The summed E-state index contributed by atoms with van der Waals surface area (Å²) in [4.78, 5) is 0. The Bertz CT molecular complexity index is 530. The Labute approximate surface area is 113 Å². The fraction of sp³-hybridized carbons (Fsp3) is 0.400. The van der Waals surface area contributed by atoms with Crippen LogP contribution in [0, 0.1) is 6.92 Å². The largest absolute Gasteiger partial charge is 0.454 e. The Morgan fingerprint density at radius 2 is 1.95 bits per heavy atom. The summed E-state index contributed by atoms with van der Waals surface area (Å²) in [7, 11) is 0. The number of aromatic nitrogens is 2. The first kappa shape index (κ1) is 12.2. The van der Waals surface area contributed by atoms with E-state index in [1.165, 1.54) is 0 Å². The lowest BCUT2D eigenvalue weighted by Crippen LogP contribution is -2.30. The molecule has 1 fully saturated rings. The molecule has 1 N–H and O–H groups in total. The highest BCUT2D eigenvalue weighted by Crippen LogP contribution is 2.28. The van der Waals surface area contributed by atoms with Gasteiger partial charge < -0.3 is 10.1 Å². The molecular formula is C15H19N3O. The van der Waals surface area contributed by atoms with Gasteiger partial charge in [0, 0.05) is 0 Å². The molecule has 0 bridgehead atoms. The molecule has 1 aromatic heterocycles. The fourth-order valence-electron chi connectivity index (χ4n) is 2.54. The van der Waals surface area contributed by atoms with Gasteiger partial charge in [-0.2, -0.15) is 5.10 Å². The van der Waals surface area contributed by atoms with E-state index >= 15 is 0 Å². The zero-order valence-corrected chi connectivity index (χ0v) is 11.2. The van der Waals surface area contributed by atoms with Crippen molar-refractivity contribution in [3.8, 4) is 11.5 Å². The van der Waals surface area contributed by atoms with E-state index in [-0.39, 0.29) is 0 Å². The summed E-state index contributed by atoms with van der Waals surface area (Å²) >= 11 is 0. The third-order valence-corrected chi connectivity index (χ3v) is 3.63. The van der Waals surface area contributed by atoms with Gasteiger partial charge in [-0.3, -0.25) is 4.68 Å². The Kier molecular flexibility index (Phi) is 3.51. The van der Waals surface area contributed by atoms with Crippen LogP contribution in [0.1, 0.15) is 24.6 Å². The van der Waals surface area contributed by atoms with Crippen molar-refractivity contribution in [2.75, 3.05) is 13.1 Å². The van der Waals surface area contributed by atoms with E-state index in [4.69, 9.17) is 4.74 Å². The van der Waals surface area contributed by atoms with Gasteiger partial charge in [-0.1, -0.05) is 18.2 Å². The number of para-hydroxylation sites is 1. The maximum Gasteiger partial charge on any atom is 0.168 e. The van der Waals surface area contributed by atoms with Crippen molar-refractivity contribution in [3.63, 3.8) is 0 Å². The van der Waals surface area contributed by atoms with Crippen LogP contribution in [0.25, 0.3) is 0 Å². The average Bonchev–Trinajstić information content (AvgIpc) is 2.82. The normalized spacial score (nSPS) is 16.5. The van der Waals surface area contributed by atoms with Gasteiger partial charge in [-0.25, -0.2) is 0 Å². The van der Waals surface area contributed by atoms with E-state index < -0.39 is 0 Å². The van der Waals surface area contributed by atoms with E-state index in [1.807, 2.05) is 36.5 Å². The summed E-state index contributed by atoms with van der Waals surface area (Å²) in [6, 6.07) is 10.3. The third kappa shape index (κ3) is 2.63. The number of rotatable bonds is 3. The van der Waals surface area contributed by atoms with Gasteiger partial charge in [0.15, 0.2) is 5.75 Å². The van der Waals surface area contributed by atoms with Crippen LogP contribution in [0.3, 0.4) is 0 Å². The molecule has 0 saturated carbocycles. The molecule has 2 heterocycles. The minimum absolute atomic E-state index is 0.495. The summed E-state index contributed by atoms with van der Waals surface area (Å²) in [5, 5.41) is 7.88. The molecule has 100 valence electrons. The van der Waals surface area contributed by atoms with Gasteiger partial charge in [0.25, 0.3) is 0 Å². The zero-order valence-electron chi connectivity index (χ0n) is 11.2. The maximum atomic E-state index is 5.88. The summed E-state index contributed by atoms with van der Waals surface area (Å²) in [6.07, 6.45) is 4.09. The summed E-state index contributed by atoms with van der Waals surface area (Å²) < 4.78 is 7.99. The standard InChI is InChI=1S/C15H19N3O/c1-12-15(19-14-5-3-2-4-6-14)11-17-18(12)13-7-9-16-10-8-13/h2-6,11,13,16H,7-10H2,1H3. The van der Waals surface area contributed by atoms with Crippen molar-refractivity contribution >= 4 is 0 Å². The molecule has 19 heavy (non-hydrogen) atoms. The zero-order chi connectivity index (χ0) is 13.1. The summed E-state index contributed by atoms with van der Waals surface area (Å²) in [5.41, 5.74) is 1.11. The topological polar surface area (TPSA) is 39.1 Å². The molecule has 0 atom stereocenters. The molecule has 0 aliphatic carbocycles. The lowest BCUT2D eigenvalue weighted by molar-refractivity contribution is 0.336. The Morgan fingerprint density at radius 1 is 1.21 bits per heavy atom. The highest BCUT2D eigenvalue weighted by atomic mass is 16.5. The number of nitrogens with zero attached hydrogens (tertiary/aromatic N) is 2. The number of nitrogens with one attached hydrogen (secondary N) is 1. The molecule has 0 unspecified atom stereocenters. The fourth-order valence-corrected chi connectivity index (χ4v) is 2.54. The molecule has 1 aliphatic heterocycles.